The zero-order chi connectivity index (χ0) is 12.5. The van der Waals surface area contributed by atoms with Gasteiger partial charge in [-0.05, 0) is 26.2 Å². The molecule has 2 saturated heterocycles. The molecule has 6 nitrogen and oxygen atoms in total. The molecule has 2 aliphatic heterocycles. The minimum atomic E-state index is -0.925. The number of ether oxygens (including phenoxy) is 1. The largest absolute Gasteiger partial charge is 0.480 e. The molecule has 1 unspecified atom stereocenters. The minimum absolute atomic E-state index is 0.289. The molecule has 2 aliphatic rings. The van der Waals surface area contributed by atoms with Crippen molar-refractivity contribution >= 4 is 12.0 Å². The second-order valence-electron chi connectivity index (χ2n) is 4.98. The van der Waals surface area contributed by atoms with E-state index in [0.29, 0.717) is 26.2 Å². The molecule has 0 bridgehead atoms. The first kappa shape index (κ1) is 12.2. The van der Waals surface area contributed by atoms with E-state index < -0.39 is 12.0 Å². The van der Waals surface area contributed by atoms with Crippen LogP contribution in [-0.2, 0) is 9.53 Å². The van der Waals surface area contributed by atoms with E-state index in [1.54, 1.807) is 0 Å². The maximum absolute atomic E-state index is 12.0. The molecule has 2 fully saturated rings. The van der Waals surface area contributed by atoms with Gasteiger partial charge >= 0.3 is 12.0 Å². The van der Waals surface area contributed by atoms with Crippen LogP contribution in [0.25, 0.3) is 0 Å². The average Bonchev–Trinajstić information content (AvgIpc) is 2.85. The monoisotopic (exact) mass is 242 g/mol. The standard InChI is InChI=1S/C11H18N2O4/c1-11(4-6-17-7-11)12-10(16)13-5-2-3-8(13)9(14)15/h8H,2-7H2,1H3,(H,12,16)(H,14,15)/t8-,11?/m0/s1. The lowest BCUT2D eigenvalue weighted by atomic mass is 10.0. The Bertz CT molecular complexity index is 325. The molecule has 0 saturated carbocycles. The molecule has 2 amide bonds. The van der Waals surface area contributed by atoms with Crippen molar-refractivity contribution in [2.75, 3.05) is 19.8 Å². The second kappa shape index (κ2) is 4.52. The number of nitrogens with one attached hydrogen (secondary N) is 1. The van der Waals surface area contributed by atoms with Crippen molar-refractivity contribution in [1.82, 2.24) is 10.2 Å². The fraction of sp³-hybridized carbons (Fsp3) is 0.818. The maximum atomic E-state index is 12.0. The quantitative estimate of drug-likeness (QED) is 0.735. The van der Waals surface area contributed by atoms with E-state index in [4.69, 9.17) is 9.84 Å². The summed E-state index contributed by atoms with van der Waals surface area (Å²) in [5.74, 6) is -0.925. The molecule has 0 radical (unpaired) electrons. The third kappa shape index (κ3) is 2.52. The number of urea groups is 1. The predicted octanol–water partition coefficient (Wildman–Crippen LogP) is 0.424. The van der Waals surface area contributed by atoms with Crippen molar-refractivity contribution in [1.29, 1.82) is 0 Å². The van der Waals surface area contributed by atoms with Crippen LogP contribution < -0.4 is 5.32 Å². The second-order valence-corrected chi connectivity index (χ2v) is 4.98. The van der Waals surface area contributed by atoms with Crippen LogP contribution >= 0.6 is 0 Å². The summed E-state index contributed by atoms with van der Waals surface area (Å²) in [6, 6.07) is -0.969. The van der Waals surface area contributed by atoms with Gasteiger partial charge in [-0.1, -0.05) is 0 Å². The van der Waals surface area contributed by atoms with E-state index in [1.807, 2.05) is 6.92 Å². The maximum Gasteiger partial charge on any atom is 0.326 e. The molecule has 2 heterocycles. The Morgan fingerprint density at radius 1 is 1.53 bits per heavy atom. The highest BCUT2D eigenvalue weighted by Gasteiger charge is 2.38. The number of hydrogen-bond acceptors (Lipinski definition) is 3. The summed E-state index contributed by atoms with van der Waals surface area (Å²) in [4.78, 5) is 24.4. The van der Waals surface area contributed by atoms with Gasteiger partial charge in [0, 0.05) is 13.2 Å². The average molecular weight is 242 g/mol. The van der Waals surface area contributed by atoms with Crippen LogP contribution in [0.1, 0.15) is 26.2 Å². The summed E-state index contributed by atoms with van der Waals surface area (Å²) < 4.78 is 5.25. The third-order valence-corrected chi connectivity index (χ3v) is 3.43. The molecule has 2 N–H and O–H groups in total. The van der Waals surface area contributed by atoms with Crippen molar-refractivity contribution in [2.24, 2.45) is 0 Å². The number of carbonyl (C=O) groups excluding carboxylic acids is 1. The Labute approximate surface area is 99.9 Å². The summed E-state index contributed by atoms with van der Waals surface area (Å²) in [7, 11) is 0. The Balaban J connectivity index is 1.97. The number of hydrogen-bond donors (Lipinski definition) is 2. The topological polar surface area (TPSA) is 78.9 Å². The number of amides is 2. The molecule has 0 aromatic heterocycles. The summed E-state index contributed by atoms with van der Waals surface area (Å²) in [5.41, 5.74) is -0.358. The number of carboxylic acid groups (broad SMARTS) is 1. The molecule has 0 spiro atoms. The highest BCUT2D eigenvalue weighted by molar-refractivity contribution is 5.83. The molecule has 2 atom stereocenters. The van der Waals surface area contributed by atoms with Gasteiger partial charge < -0.3 is 20.1 Å². The number of rotatable bonds is 2. The molecular formula is C11H18N2O4. The van der Waals surface area contributed by atoms with Gasteiger partial charge in [-0.25, -0.2) is 9.59 Å². The van der Waals surface area contributed by atoms with E-state index >= 15 is 0 Å². The van der Waals surface area contributed by atoms with Crippen LogP contribution in [0.3, 0.4) is 0 Å². The van der Waals surface area contributed by atoms with Crippen molar-refractivity contribution in [3.8, 4) is 0 Å². The van der Waals surface area contributed by atoms with Gasteiger partial charge in [0.05, 0.1) is 12.1 Å². The van der Waals surface area contributed by atoms with E-state index in [-0.39, 0.29) is 11.6 Å². The minimum Gasteiger partial charge on any atom is -0.480 e. The molecule has 2 rings (SSSR count). The van der Waals surface area contributed by atoms with Gasteiger partial charge in [0.15, 0.2) is 0 Å². The van der Waals surface area contributed by atoms with Crippen LogP contribution in [-0.4, -0.2) is 53.3 Å². The van der Waals surface area contributed by atoms with Crippen molar-refractivity contribution in [3.05, 3.63) is 0 Å². The first-order valence-corrected chi connectivity index (χ1v) is 5.91. The highest BCUT2D eigenvalue weighted by Crippen LogP contribution is 2.21. The molecule has 17 heavy (non-hydrogen) atoms. The number of likely N-dealkylation sites (tertiary alicyclic amines) is 1. The predicted molar refractivity (Wildman–Crippen MR) is 59.7 cm³/mol. The van der Waals surface area contributed by atoms with E-state index in [2.05, 4.69) is 5.32 Å². The zero-order valence-electron chi connectivity index (χ0n) is 9.94. The van der Waals surface area contributed by atoms with Crippen LogP contribution in [0, 0.1) is 0 Å². The zero-order valence-corrected chi connectivity index (χ0v) is 9.94. The number of carboxylic acids is 1. The smallest absolute Gasteiger partial charge is 0.326 e. The Morgan fingerprint density at radius 2 is 2.29 bits per heavy atom. The molecule has 0 aliphatic carbocycles. The number of nitrogens with zero attached hydrogens (tertiary/aromatic N) is 1. The number of aliphatic carboxylic acids is 1. The van der Waals surface area contributed by atoms with Crippen LogP contribution in [0.5, 0.6) is 0 Å². The third-order valence-electron chi connectivity index (χ3n) is 3.43. The summed E-state index contributed by atoms with van der Waals surface area (Å²) >= 11 is 0. The van der Waals surface area contributed by atoms with Crippen LogP contribution in [0.4, 0.5) is 4.79 Å². The Morgan fingerprint density at radius 3 is 2.88 bits per heavy atom. The summed E-state index contributed by atoms with van der Waals surface area (Å²) in [6.45, 7) is 3.56. The van der Waals surface area contributed by atoms with Gasteiger partial charge in [-0.15, -0.1) is 0 Å². The lowest BCUT2D eigenvalue weighted by molar-refractivity contribution is -0.141. The fourth-order valence-electron chi connectivity index (χ4n) is 2.36. The van der Waals surface area contributed by atoms with E-state index in [1.165, 1.54) is 4.90 Å². The summed E-state index contributed by atoms with van der Waals surface area (Å²) in [5, 5.41) is 11.9. The molecule has 0 aromatic rings. The van der Waals surface area contributed by atoms with Crippen LogP contribution in [0.15, 0.2) is 0 Å². The lowest BCUT2D eigenvalue weighted by Gasteiger charge is -2.29. The van der Waals surface area contributed by atoms with Gasteiger partial charge in [-0.2, -0.15) is 0 Å². The van der Waals surface area contributed by atoms with E-state index in [0.717, 1.165) is 12.8 Å². The van der Waals surface area contributed by atoms with Gasteiger partial charge in [-0.3, -0.25) is 0 Å². The Kier molecular flexibility index (Phi) is 3.24. The van der Waals surface area contributed by atoms with E-state index in [9.17, 15) is 9.59 Å². The van der Waals surface area contributed by atoms with Crippen molar-refractivity contribution < 1.29 is 19.4 Å². The lowest BCUT2D eigenvalue weighted by Crippen LogP contribution is -2.54. The molecular weight excluding hydrogens is 224 g/mol. The van der Waals surface area contributed by atoms with Gasteiger partial charge in [0.25, 0.3) is 0 Å². The highest BCUT2D eigenvalue weighted by atomic mass is 16.5. The molecule has 0 aromatic carbocycles. The normalized spacial score (nSPS) is 32.8. The van der Waals surface area contributed by atoms with Crippen molar-refractivity contribution in [3.63, 3.8) is 0 Å². The molecule has 96 valence electrons. The summed E-state index contributed by atoms with van der Waals surface area (Å²) in [6.07, 6.45) is 2.05. The fourth-order valence-corrected chi connectivity index (χ4v) is 2.36. The van der Waals surface area contributed by atoms with Crippen LogP contribution in [0.2, 0.25) is 0 Å². The number of carbonyl (C=O) groups is 2. The first-order valence-electron chi connectivity index (χ1n) is 5.91. The van der Waals surface area contributed by atoms with Gasteiger partial charge in [0.1, 0.15) is 6.04 Å². The van der Waals surface area contributed by atoms with Crippen molar-refractivity contribution in [2.45, 2.75) is 37.8 Å². The SMILES string of the molecule is CC1(NC(=O)N2CCC[C@H]2C(=O)O)CCOC1. The molecule has 6 heteroatoms. The first-order chi connectivity index (χ1) is 8.02. The van der Waals surface area contributed by atoms with Gasteiger partial charge in [0.2, 0.25) is 0 Å². The Hall–Kier alpha value is -1.30.